The summed E-state index contributed by atoms with van der Waals surface area (Å²) in [5.74, 6) is 0.974. The van der Waals surface area contributed by atoms with Crippen LogP contribution in [0.15, 0.2) is 29.4 Å². The summed E-state index contributed by atoms with van der Waals surface area (Å²) >= 11 is 1.65. The number of hydrogen-bond acceptors (Lipinski definition) is 5. The highest BCUT2D eigenvalue weighted by Gasteiger charge is 2.26. The Morgan fingerprint density at radius 1 is 1.20 bits per heavy atom. The molecule has 1 saturated heterocycles. The number of aryl methyl sites for hydroxylation is 1. The zero-order valence-electron chi connectivity index (χ0n) is 17.5. The van der Waals surface area contributed by atoms with Crippen molar-refractivity contribution in [2.24, 2.45) is 0 Å². The number of carbonyl (C=O) groups is 2. The van der Waals surface area contributed by atoms with Crippen LogP contribution in [0.2, 0.25) is 0 Å². The van der Waals surface area contributed by atoms with Gasteiger partial charge in [0.15, 0.2) is 5.16 Å². The fourth-order valence-electron chi connectivity index (χ4n) is 4.49. The second kappa shape index (κ2) is 9.64. The van der Waals surface area contributed by atoms with E-state index in [0.717, 1.165) is 30.2 Å². The minimum Gasteiger partial charge on any atom is -0.352 e. The molecule has 1 aromatic carbocycles. The first-order valence-electron chi connectivity index (χ1n) is 10.8. The quantitative estimate of drug-likeness (QED) is 0.514. The van der Waals surface area contributed by atoms with E-state index in [-0.39, 0.29) is 11.8 Å². The van der Waals surface area contributed by atoms with Crippen LogP contribution in [-0.2, 0) is 11.2 Å². The molecular formula is C22H29N5O2S. The van der Waals surface area contributed by atoms with Crippen LogP contribution in [0.5, 0.6) is 0 Å². The first-order chi connectivity index (χ1) is 14.7. The van der Waals surface area contributed by atoms with Gasteiger partial charge >= 0.3 is 0 Å². The normalized spacial score (nSPS) is 17.1. The first kappa shape index (κ1) is 20.9. The highest BCUT2D eigenvalue weighted by Crippen LogP contribution is 2.33. The second-order valence-corrected chi connectivity index (χ2v) is 8.71. The van der Waals surface area contributed by atoms with Gasteiger partial charge in [0.1, 0.15) is 5.82 Å². The molecule has 1 aromatic heterocycles. The standard InChI is InChI=1S/C22H29N5O2S/c1-30-22-25-24-19(27(22)16-8-2-3-9-16)12-6-14-23-21(29)17-10-4-5-11-18(17)26-15-7-13-20(26)28/h4-5,10-11,16H,2-3,6-9,12-15H2,1H3,(H,23,29). The van der Waals surface area contributed by atoms with E-state index in [1.54, 1.807) is 22.7 Å². The number of carbonyl (C=O) groups excluding carboxylic acids is 2. The monoisotopic (exact) mass is 427 g/mol. The predicted molar refractivity (Wildman–Crippen MR) is 118 cm³/mol. The van der Waals surface area contributed by atoms with Crippen molar-refractivity contribution in [3.8, 4) is 0 Å². The van der Waals surface area contributed by atoms with Gasteiger partial charge in [0.2, 0.25) is 5.91 Å². The minimum atomic E-state index is -0.132. The third-order valence-corrected chi connectivity index (χ3v) is 6.63. The number of benzene rings is 1. The van der Waals surface area contributed by atoms with Gasteiger partial charge in [-0.15, -0.1) is 10.2 Å². The Hall–Kier alpha value is -2.35. The maximum absolute atomic E-state index is 12.8. The number of nitrogens with zero attached hydrogens (tertiary/aromatic N) is 4. The molecule has 1 saturated carbocycles. The number of para-hydroxylation sites is 1. The number of anilines is 1. The highest BCUT2D eigenvalue weighted by molar-refractivity contribution is 7.98. The molecule has 7 nitrogen and oxygen atoms in total. The van der Waals surface area contributed by atoms with Crippen molar-refractivity contribution in [1.82, 2.24) is 20.1 Å². The molecule has 2 heterocycles. The molecule has 160 valence electrons. The van der Waals surface area contributed by atoms with Gasteiger partial charge in [0, 0.05) is 32.0 Å². The summed E-state index contributed by atoms with van der Waals surface area (Å²) in [5.41, 5.74) is 1.27. The van der Waals surface area contributed by atoms with E-state index in [9.17, 15) is 9.59 Å². The predicted octanol–water partition coefficient (Wildman–Crippen LogP) is 3.60. The molecule has 0 bridgehead atoms. The first-order valence-corrected chi connectivity index (χ1v) is 12.1. The minimum absolute atomic E-state index is 0.0890. The Kier molecular flexibility index (Phi) is 6.72. The van der Waals surface area contributed by atoms with Crippen LogP contribution >= 0.6 is 11.8 Å². The maximum atomic E-state index is 12.8. The number of aromatic nitrogens is 3. The molecule has 2 amide bonds. The number of hydrogen-bond donors (Lipinski definition) is 1. The molecule has 8 heteroatoms. The van der Waals surface area contributed by atoms with Crippen molar-refractivity contribution in [3.63, 3.8) is 0 Å². The van der Waals surface area contributed by atoms with Crippen molar-refractivity contribution < 1.29 is 9.59 Å². The molecule has 0 unspecified atom stereocenters. The van der Waals surface area contributed by atoms with Crippen molar-refractivity contribution in [2.45, 2.75) is 62.6 Å². The van der Waals surface area contributed by atoms with E-state index < -0.39 is 0 Å². The van der Waals surface area contributed by atoms with Gasteiger partial charge in [0.25, 0.3) is 5.91 Å². The summed E-state index contributed by atoms with van der Waals surface area (Å²) in [6.45, 7) is 1.24. The van der Waals surface area contributed by atoms with E-state index in [1.807, 2.05) is 24.5 Å². The molecule has 1 N–H and O–H groups in total. The molecule has 1 aliphatic heterocycles. The van der Waals surface area contributed by atoms with Gasteiger partial charge in [-0.1, -0.05) is 36.7 Å². The number of nitrogens with one attached hydrogen (secondary N) is 1. The van der Waals surface area contributed by atoms with Crippen LogP contribution in [0.4, 0.5) is 5.69 Å². The Balaban J connectivity index is 1.35. The summed E-state index contributed by atoms with van der Waals surface area (Å²) in [5, 5.41) is 12.8. The second-order valence-electron chi connectivity index (χ2n) is 7.94. The fraction of sp³-hybridized carbons (Fsp3) is 0.545. The SMILES string of the molecule is CSc1nnc(CCCNC(=O)c2ccccc2N2CCCC2=O)n1C1CCCC1. The summed E-state index contributed by atoms with van der Waals surface area (Å²) < 4.78 is 2.31. The van der Waals surface area contributed by atoms with E-state index >= 15 is 0 Å². The van der Waals surface area contributed by atoms with Crippen LogP contribution in [0.1, 0.15) is 67.2 Å². The summed E-state index contributed by atoms with van der Waals surface area (Å²) in [6.07, 6.45) is 9.96. The maximum Gasteiger partial charge on any atom is 0.253 e. The summed E-state index contributed by atoms with van der Waals surface area (Å²) in [4.78, 5) is 26.6. The molecule has 1 aliphatic carbocycles. The van der Waals surface area contributed by atoms with Gasteiger partial charge < -0.3 is 14.8 Å². The largest absolute Gasteiger partial charge is 0.352 e. The highest BCUT2D eigenvalue weighted by atomic mass is 32.2. The number of amides is 2. The molecule has 30 heavy (non-hydrogen) atoms. The van der Waals surface area contributed by atoms with E-state index in [2.05, 4.69) is 20.1 Å². The molecule has 0 radical (unpaired) electrons. The lowest BCUT2D eigenvalue weighted by molar-refractivity contribution is -0.117. The Labute approximate surface area is 181 Å². The average Bonchev–Trinajstić information content (AvgIpc) is 3.51. The third kappa shape index (κ3) is 4.38. The summed E-state index contributed by atoms with van der Waals surface area (Å²) in [7, 11) is 0. The van der Waals surface area contributed by atoms with E-state index in [0.29, 0.717) is 36.8 Å². The van der Waals surface area contributed by atoms with Gasteiger partial charge in [-0.25, -0.2) is 0 Å². The molecule has 2 aromatic rings. The van der Waals surface area contributed by atoms with Crippen LogP contribution in [-0.4, -0.2) is 45.9 Å². The average molecular weight is 428 g/mol. The lowest BCUT2D eigenvalue weighted by Crippen LogP contribution is -2.30. The van der Waals surface area contributed by atoms with E-state index in [1.165, 1.54) is 25.7 Å². The molecule has 2 aliphatic rings. The Bertz CT molecular complexity index is 907. The van der Waals surface area contributed by atoms with Crippen LogP contribution in [0.3, 0.4) is 0 Å². The van der Waals surface area contributed by atoms with Crippen LogP contribution < -0.4 is 10.2 Å². The lowest BCUT2D eigenvalue weighted by Gasteiger charge is -2.19. The molecule has 2 fully saturated rings. The Morgan fingerprint density at radius 2 is 2.00 bits per heavy atom. The van der Waals surface area contributed by atoms with Crippen molar-refractivity contribution >= 4 is 29.3 Å². The van der Waals surface area contributed by atoms with Gasteiger partial charge in [-0.05, 0) is 44.1 Å². The fourth-order valence-corrected chi connectivity index (χ4v) is 5.07. The zero-order chi connectivity index (χ0) is 20.9. The number of rotatable bonds is 8. The molecular weight excluding hydrogens is 398 g/mol. The van der Waals surface area contributed by atoms with Crippen molar-refractivity contribution in [2.75, 3.05) is 24.2 Å². The molecule has 0 spiro atoms. The van der Waals surface area contributed by atoms with Crippen molar-refractivity contribution in [3.05, 3.63) is 35.7 Å². The number of thioether (sulfide) groups is 1. The van der Waals surface area contributed by atoms with Gasteiger partial charge in [0.05, 0.1) is 11.3 Å². The lowest BCUT2D eigenvalue weighted by atomic mass is 10.1. The topological polar surface area (TPSA) is 80.1 Å². The Morgan fingerprint density at radius 3 is 2.73 bits per heavy atom. The van der Waals surface area contributed by atoms with Gasteiger partial charge in [-0.2, -0.15) is 0 Å². The smallest absolute Gasteiger partial charge is 0.253 e. The van der Waals surface area contributed by atoms with Crippen LogP contribution in [0.25, 0.3) is 0 Å². The van der Waals surface area contributed by atoms with Crippen LogP contribution in [0, 0.1) is 0 Å². The molecule has 4 rings (SSSR count). The van der Waals surface area contributed by atoms with E-state index in [4.69, 9.17) is 0 Å². The molecule has 0 atom stereocenters. The van der Waals surface area contributed by atoms with Crippen molar-refractivity contribution in [1.29, 1.82) is 0 Å². The van der Waals surface area contributed by atoms with Gasteiger partial charge in [-0.3, -0.25) is 9.59 Å². The zero-order valence-corrected chi connectivity index (χ0v) is 18.3. The third-order valence-electron chi connectivity index (χ3n) is 5.98. The summed E-state index contributed by atoms with van der Waals surface area (Å²) in [6, 6.07) is 7.87.